The minimum absolute atomic E-state index is 0.204. The van der Waals surface area contributed by atoms with Crippen molar-refractivity contribution >= 4 is 32.7 Å². The van der Waals surface area contributed by atoms with E-state index in [-0.39, 0.29) is 10.0 Å². The van der Waals surface area contributed by atoms with Crippen molar-refractivity contribution in [3.8, 4) is 17.1 Å². The van der Waals surface area contributed by atoms with Crippen molar-refractivity contribution in [2.75, 3.05) is 0 Å². The molecule has 0 radical (unpaired) electrons. The molecule has 0 saturated carbocycles. The highest BCUT2D eigenvalue weighted by atomic mass is 79.9. The van der Waals surface area contributed by atoms with Gasteiger partial charge in [-0.15, -0.1) is 13.2 Å². The highest BCUT2D eigenvalue weighted by molar-refractivity contribution is 9.10. The number of nitrogens with one attached hydrogen (secondary N) is 1. The Labute approximate surface area is 140 Å². The fraction of sp³-hybridized carbons (Fsp3) is 0.0714. The molecule has 0 bridgehead atoms. The Balaban J connectivity index is 2.14. The summed E-state index contributed by atoms with van der Waals surface area (Å²) in [6.07, 6.45) is -5.05. The van der Waals surface area contributed by atoms with E-state index in [1.165, 1.54) is 6.07 Å². The number of aromatic nitrogens is 2. The number of aromatic amines is 1. The molecule has 124 valence electrons. The quantitative estimate of drug-likeness (QED) is 0.504. The number of halogens is 4. The van der Waals surface area contributed by atoms with E-state index in [1.807, 2.05) is 0 Å². The van der Waals surface area contributed by atoms with Crippen LogP contribution in [0.2, 0.25) is 0 Å². The lowest BCUT2D eigenvalue weighted by Gasteiger charge is -2.11. The minimum atomic E-state index is -5.05. The van der Waals surface area contributed by atoms with E-state index in [0.717, 1.165) is 6.07 Å². The predicted octanol–water partition coefficient (Wildman–Crippen LogP) is 4.80. The number of fused-ring (bicyclic) bond motifs is 1. The normalized spacial score (nSPS) is 11.7. The molecule has 10 heteroatoms. The summed E-state index contributed by atoms with van der Waals surface area (Å²) in [5.41, 5.74) is 0.750. The van der Waals surface area contributed by atoms with Crippen LogP contribution in [0.15, 0.2) is 40.9 Å². The summed E-state index contributed by atoms with van der Waals surface area (Å²) in [7, 11) is 0. The molecule has 3 rings (SSSR count). The number of imidazole rings is 1. The molecule has 0 atom stereocenters. The van der Waals surface area contributed by atoms with Crippen molar-refractivity contribution in [3.05, 3.63) is 51.0 Å². The third-order valence-electron chi connectivity index (χ3n) is 3.10. The second kappa shape index (κ2) is 5.78. The second-order valence-corrected chi connectivity index (χ2v) is 5.57. The molecule has 0 unspecified atom stereocenters. The average molecular weight is 402 g/mol. The number of nitro benzene ring substituents is 1. The Bertz CT molecular complexity index is 907. The molecule has 0 amide bonds. The molecule has 0 aliphatic heterocycles. The number of hydrogen-bond donors (Lipinski definition) is 1. The van der Waals surface area contributed by atoms with E-state index in [0.29, 0.717) is 16.9 Å². The molecule has 24 heavy (non-hydrogen) atoms. The van der Waals surface area contributed by atoms with Gasteiger partial charge in [0.2, 0.25) is 5.75 Å². The van der Waals surface area contributed by atoms with Gasteiger partial charge in [0.05, 0.1) is 20.4 Å². The molecular weight excluding hydrogens is 395 g/mol. The summed E-state index contributed by atoms with van der Waals surface area (Å²) in [6.45, 7) is 0. The van der Waals surface area contributed by atoms with Gasteiger partial charge in [-0.25, -0.2) is 4.98 Å². The molecule has 6 nitrogen and oxygen atoms in total. The first kappa shape index (κ1) is 16.2. The van der Waals surface area contributed by atoms with Gasteiger partial charge in [0.25, 0.3) is 0 Å². The van der Waals surface area contributed by atoms with E-state index in [2.05, 4.69) is 30.6 Å². The third kappa shape index (κ3) is 3.18. The van der Waals surface area contributed by atoms with Gasteiger partial charge in [0.15, 0.2) is 0 Å². The highest BCUT2D eigenvalue weighted by Gasteiger charge is 2.36. The van der Waals surface area contributed by atoms with Gasteiger partial charge in [-0.1, -0.05) is 12.1 Å². The number of hydrogen-bond acceptors (Lipinski definition) is 4. The second-order valence-electron chi connectivity index (χ2n) is 4.71. The Morgan fingerprint density at radius 3 is 2.58 bits per heavy atom. The third-order valence-corrected chi connectivity index (χ3v) is 3.69. The first-order valence-corrected chi connectivity index (χ1v) is 7.23. The van der Waals surface area contributed by atoms with Crippen molar-refractivity contribution in [3.63, 3.8) is 0 Å². The molecule has 0 fully saturated rings. The SMILES string of the molecule is O=[N+]([O-])c1cc(-c2nc3ccccc3[nH]2)cc(Br)c1OC(F)(F)F. The van der Waals surface area contributed by atoms with Crippen LogP contribution >= 0.6 is 15.9 Å². The van der Waals surface area contributed by atoms with E-state index >= 15 is 0 Å². The fourth-order valence-electron chi connectivity index (χ4n) is 2.16. The van der Waals surface area contributed by atoms with Crippen LogP contribution in [0.3, 0.4) is 0 Å². The summed E-state index contributed by atoms with van der Waals surface area (Å²) in [5, 5.41) is 11.1. The molecule has 3 aromatic rings. The van der Waals surface area contributed by atoms with E-state index < -0.39 is 22.7 Å². The summed E-state index contributed by atoms with van der Waals surface area (Å²) in [5.74, 6) is -0.620. The van der Waals surface area contributed by atoms with Crippen LogP contribution in [-0.4, -0.2) is 21.3 Å². The topological polar surface area (TPSA) is 81.0 Å². The molecule has 1 heterocycles. The minimum Gasteiger partial charge on any atom is -0.397 e. The Morgan fingerprint density at radius 2 is 1.96 bits per heavy atom. The summed E-state index contributed by atoms with van der Waals surface area (Å²) in [4.78, 5) is 17.4. The molecule has 1 aromatic heterocycles. The lowest BCUT2D eigenvalue weighted by atomic mass is 10.2. The number of nitro groups is 1. The van der Waals surface area contributed by atoms with Gasteiger partial charge in [0.1, 0.15) is 5.82 Å². The molecule has 0 aliphatic carbocycles. The van der Waals surface area contributed by atoms with Crippen LogP contribution in [0, 0.1) is 10.1 Å². The number of nitrogens with zero attached hydrogens (tertiary/aromatic N) is 2. The molecule has 2 aromatic carbocycles. The zero-order valence-electron chi connectivity index (χ0n) is 11.6. The Hall–Kier alpha value is -2.62. The van der Waals surface area contributed by atoms with Gasteiger partial charge in [0, 0.05) is 11.6 Å². The zero-order chi connectivity index (χ0) is 17.5. The number of rotatable bonds is 3. The number of ether oxygens (including phenoxy) is 1. The van der Waals surface area contributed by atoms with Crippen molar-refractivity contribution in [2.24, 2.45) is 0 Å². The van der Waals surface area contributed by atoms with Gasteiger partial charge in [-0.05, 0) is 34.1 Å². The number of alkyl halides is 3. The van der Waals surface area contributed by atoms with Crippen molar-refractivity contribution in [1.29, 1.82) is 0 Å². The smallest absolute Gasteiger partial charge is 0.397 e. The van der Waals surface area contributed by atoms with Gasteiger partial charge < -0.3 is 9.72 Å². The van der Waals surface area contributed by atoms with Crippen molar-refractivity contribution < 1.29 is 22.8 Å². The lowest BCUT2D eigenvalue weighted by Crippen LogP contribution is -2.18. The molecular formula is C14H7BrF3N3O3. The van der Waals surface area contributed by atoms with E-state index in [1.54, 1.807) is 24.3 Å². The maximum absolute atomic E-state index is 12.4. The first-order valence-electron chi connectivity index (χ1n) is 6.43. The number of para-hydroxylation sites is 2. The van der Waals surface area contributed by atoms with Gasteiger partial charge >= 0.3 is 12.0 Å². The van der Waals surface area contributed by atoms with Crippen LogP contribution in [0.5, 0.6) is 5.75 Å². The zero-order valence-corrected chi connectivity index (χ0v) is 13.2. The van der Waals surface area contributed by atoms with Crippen LogP contribution in [0.25, 0.3) is 22.4 Å². The van der Waals surface area contributed by atoms with Crippen LogP contribution in [0.4, 0.5) is 18.9 Å². The number of H-pyrrole nitrogens is 1. The Kier molecular flexibility index (Phi) is 3.91. The lowest BCUT2D eigenvalue weighted by molar-refractivity contribution is -0.388. The molecule has 0 aliphatic rings. The van der Waals surface area contributed by atoms with E-state index in [9.17, 15) is 23.3 Å². The molecule has 0 saturated heterocycles. The Morgan fingerprint density at radius 1 is 1.25 bits per heavy atom. The predicted molar refractivity (Wildman–Crippen MR) is 82.6 cm³/mol. The van der Waals surface area contributed by atoms with Crippen molar-refractivity contribution in [1.82, 2.24) is 9.97 Å². The largest absolute Gasteiger partial charge is 0.573 e. The van der Waals surface area contributed by atoms with Gasteiger partial charge in [-0.2, -0.15) is 0 Å². The standard InChI is InChI=1S/C14H7BrF3N3O3/c15-8-5-7(13-19-9-3-1-2-4-10(9)20-13)6-11(21(22)23)12(8)24-14(16,17)18/h1-6H,(H,19,20). The van der Waals surface area contributed by atoms with Crippen LogP contribution < -0.4 is 4.74 Å². The van der Waals surface area contributed by atoms with E-state index in [4.69, 9.17) is 0 Å². The fourth-order valence-corrected chi connectivity index (χ4v) is 2.69. The average Bonchev–Trinajstić information content (AvgIpc) is 2.91. The monoisotopic (exact) mass is 401 g/mol. The van der Waals surface area contributed by atoms with Gasteiger partial charge in [-0.3, -0.25) is 10.1 Å². The maximum atomic E-state index is 12.4. The molecule has 1 N–H and O–H groups in total. The molecule has 0 spiro atoms. The maximum Gasteiger partial charge on any atom is 0.573 e. The highest BCUT2D eigenvalue weighted by Crippen LogP contribution is 2.41. The summed E-state index contributed by atoms with van der Waals surface area (Å²) in [6, 6.07) is 9.29. The van der Waals surface area contributed by atoms with Crippen LogP contribution in [-0.2, 0) is 0 Å². The van der Waals surface area contributed by atoms with Crippen LogP contribution in [0.1, 0.15) is 0 Å². The first-order chi connectivity index (χ1) is 11.2. The summed E-state index contributed by atoms with van der Waals surface area (Å²) < 4.78 is 40.9. The number of benzene rings is 2. The summed E-state index contributed by atoms with van der Waals surface area (Å²) >= 11 is 2.89. The van der Waals surface area contributed by atoms with Crippen molar-refractivity contribution in [2.45, 2.75) is 6.36 Å².